The lowest BCUT2D eigenvalue weighted by Crippen LogP contribution is -2.32. The predicted molar refractivity (Wildman–Crippen MR) is 155 cm³/mol. The van der Waals surface area contributed by atoms with Crippen LogP contribution in [0.1, 0.15) is 141 Å². The SMILES string of the molecule is O=C(O)C(CC(O)CO)C(CCCCCCCCCCCCCCCCCCCCC(O)CO)CC(O)CO. The summed E-state index contributed by atoms with van der Waals surface area (Å²) in [5.74, 6) is -2.21. The molecule has 0 rings (SSSR count). The van der Waals surface area contributed by atoms with Gasteiger partial charge in [-0.3, -0.25) is 4.79 Å². The summed E-state index contributed by atoms with van der Waals surface area (Å²) in [7, 11) is 0. The molecule has 0 fully saturated rings. The van der Waals surface area contributed by atoms with Crippen LogP contribution in [0.5, 0.6) is 0 Å². The molecule has 0 aliphatic heterocycles. The molecular formula is C31H62O8. The Bertz CT molecular complexity index is 533. The summed E-state index contributed by atoms with van der Waals surface area (Å²) in [6.07, 6.45) is 20.7. The molecule has 8 heteroatoms. The lowest BCUT2D eigenvalue weighted by molar-refractivity contribution is -0.146. The zero-order valence-corrected chi connectivity index (χ0v) is 24.6. The number of carboxylic acids is 1. The second-order valence-electron chi connectivity index (χ2n) is 11.6. The first-order valence-corrected chi connectivity index (χ1v) is 15.9. The first-order chi connectivity index (χ1) is 18.8. The Labute approximate surface area is 237 Å². The number of aliphatic hydroxyl groups excluding tert-OH is 6. The molecule has 0 heterocycles. The average molecular weight is 563 g/mol. The number of aliphatic hydroxyl groups is 6. The van der Waals surface area contributed by atoms with E-state index in [2.05, 4.69) is 0 Å². The Morgan fingerprint density at radius 3 is 1.08 bits per heavy atom. The van der Waals surface area contributed by atoms with Crippen LogP contribution in [0, 0.1) is 11.8 Å². The highest BCUT2D eigenvalue weighted by Gasteiger charge is 2.31. The normalized spacial score (nSPS) is 15.6. The Morgan fingerprint density at radius 1 is 0.436 bits per heavy atom. The number of aliphatic carboxylic acids is 1. The molecule has 8 nitrogen and oxygen atoms in total. The van der Waals surface area contributed by atoms with Crippen LogP contribution in [0.2, 0.25) is 0 Å². The van der Waals surface area contributed by atoms with Gasteiger partial charge < -0.3 is 35.7 Å². The zero-order valence-electron chi connectivity index (χ0n) is 24.6. The molecule has 0 radical (unpaired) electrons. The van der Waals surface area contributed by atoms with Crippen LogP contribution in [-0.4, -0.2) is 79.8 Å². The summed E-state index contributed by atoms with van der Waals surface area (Å²) in [5, 5.41) is 65.6. The largest absolute Gasteiger partial charge is 0.481 e. The smallest absolute Gasteiger partial charge is 0.306 e. The van der Waals surface area contributed by atoms with Gasteiger partial charge in [-0.2, -0.15) is 0 Å². The summed E-state index contributed by atoms with van der Waals surface area (Å²) in [6, 6.07) is 0. The van der Waals surface area contributed by atoms with E-state index >= 15 is 0 Å². The minimum atomic E-state index is -1.09. The number of carbonyl (C=O) groups is 1. The fourth-order valence-electron chi connectivity index (χ4n) is 5.48. The molecule has 5 atom stereocenters. The van der Waals surface area contributed by atoms with Crippen LogP contribution in [0.15, 0.2) is 0 Å². The highest BCUT2D eigenvalue weighted by atomic mass is 16.4. The van der Waals surface area contributed by atoms with Crippen LogP contribution in [0.4, 0.5) is 0 Å². The monoisotopic (exact) mass is 562 g/mol. The number of rotatable bonds is 30. The van der Waals surface area contributed by atoms with Crippen molar-refractivity contribution in [2.75, 3.05) is 19.8 Å². The van der Waals surface area contributed by atoms with Crippen LogP contribution < -0.4 is 0 Å². The van der Waals surface area contributed by atoms with Gasteiger partial charge in [-0.15, -0.1) is 0 Å². The zero-order chi connectivity index (χ0) is 29.1. The van der Waals surface area contributed by atoms with Crippen molar-refractivity contribution < 1.29 is 40.5 Å². The quantitative estimate of drug-likeness (QED) is 0.0606. The van der Waals surface area contributed by atoms with E-state index in [0.717, 1.165) is 32.1 Å². The molecule has 0 amide bonds. The van der Waals surface area contributed by atoms with E-state index in [0.29, 0.717) is 12.8 Å². The van der Waals surface area contributed by atoms with Crippen LogP contribution in [0.25, 0.3) is 0 Å². The standard InChI is InChI=1S/C31H62O8/c32-23-27(35)20-18-16-14-12-10-8-6-4-2-1-3-5-7-9-11-13-15-17-19-26(21-28(36)24-33)30(31(38)39)22-29(37)25-34/h26-30,32-37H,1-25H2,(H,38,39). The predicted octanol–water partition coefficient (Wildman–Crippen LogP) is 4.95. The van der Waals surface area contributed by atoms with Crippen molar-refractivity contribution in [1.82, 2.24) is 0 Å². The van der Waals surface area contributed by atoms with E-state index in [1.165, 1.54) is 83.5 Å². The lowest BCUT2D eigenvalue weighted by Gasteiger charge is -2.27. The minimum absolute atomic E-state index is 0.0467. The van der Waals surface area contributed by atoms with Crippen molar-refractivity contribution in [1.29, 1.82) is 0 Å². The fraction of sp³-hybridized carbons (Fsp3) is 0.968. The van der Waals surface area contributed by atoms with Crippen LogP contribution >= 0.6 is 0 Å². The Morgan fingerprint density at radius 2 is 0.744 bits per heavy atom. The molecule has 0 aliphatic carbocycles. The summed E-state index contributed by atoms with van der Waals surface area (Å²) < 4.78 is 0. The topological polar surface area (TPSA) is 159 Å². The van der Waals surface area contributed by atoms with E-state index in [1.54, 1.807) is 0 Å². The van der Waals surface area contributed by atoms with E-state index in [4.69, 9.17) is 10.2 Å². The van der Waals surface area contributed by atoms with E-state index in [-0.39, 0.29) is 25.4 Å². The van der Waals surface area contributed by atoms with Gasteiger partial charge in [0.2, 0.25) is 0 Å². The van der Waals surface area contributed by atoms with Gasteiger partial charge in [0.25, 0.3) is 0 Å². The second kappa shape index (κ2) is 27.4. The third-order valence-corrected chi connectivity index (χ3v) is 7.98. The van der Waals surface area contributed by atoms with Crippen molar-refractivity contribution in [3.63, 3.8) is 0 Å². The van der Waals surface area contributed by atoms with Gasteiger partial charge in [0.1, 0.15) is 0 Å². The third kappa shape index (κ3) is 23.6. The van der Waals surface area contributed by atoms with Crippen molar-refractivity contribution in [2.45, 2.75) is 160 Å². The van der Waals surface area contributed by atoms with Crippen molar-refractivity contribution in [3.8, 4) is 0 Å². The number of hydrogen-bond donors (Lipinski definition) is 7. The summed E-state index contributed by atoms with van der Waals surface area (Å²) in [5.41, 5.74) is 0. The minimum Gasteiger partial charge on any atom is -0.481 e. The molecule has 0 aromatic heterocycles. The van der Waals surface area contributed by atoms with Gasteiger partial charge in [0.05, 0.1) is 44.1 Å². The molecule has 0 saturated heterocycles. The third-order valence-electron chi connectivity index (χ3n) is 7.98. The summed E-state index contributed by atoms with van der Waals surface area (Å²) in [4.78, 5) is 11.7. The molecule has 39 heavy (non-hydrogen) atoms. The van der Waals surface area contributed by atoms with E-state index in [1.807, 2.05) is 0 Å². The highest BCUT2D eigenvalue weighted by Crippen LogP contribution is 2.29. The van der Waals surface area contributed by atoms with Crippen molar-refractivity contribution in [3.05, 3.63) is 0 Å². The summed E-state index contributed by atoms with van der Waals surface area (Å²) >= 11 is 0. The highest BCUT2D eigenvalue weighted by molar-refractivity contribution is 5.70. The van der Waals surface area contributed by atoms with Gasteiger partial charge >= 0.3 is 5.97 Å². The number of carboxylic acid groups (broad SMARTS) is 1. The maximum atomic E-state index is 11.7. The molecule has 234 valence electrons. The Kier molecular flexibility index (Phi) is 26.9. The molecule has 0 spiro atoms. The van der Waals surface area contributed by atoms with E-state index in [9.17, 15) is 30.3 Å². The maximum absolute atomic E-state index is 11.7. The first kappa shape index (κ1) is 38.2. The van der Waals surface area contributed by atoms with Gasteiger partial charge in [-0.25, -0.2) is 0 Å². The molecule has 5 unspecified atom stereocenters. The van der Waals surface area contributed by atoms with Gasteiger partial charge in [0.15, 0.2) is 0 Å². The molecular weight excluding hydrogens is 500 g/mol. The fourth-order valence-corrected chi connectivity index (χ4v) is 5.48. The van der Waals surface area contributed by atoms with Crippen LogP contribution in [0.3, 0.4) is 0 Å². The van der Waals surface area contributed by atoms with Crippen LogP contribution in [-0.2, 0) is 4.79 Å². The molecule has 0 aromatic carbocycles. The van der Waals surface area contributed by atoms with E-state index < -0.39 is 43.4 Å². The summed E-state index contributed by atoms with van der Waals surface area (Å²) in [6.45, 7) is -1.02. The maximum Gasteiger partial charge on any atom is 0.306 e. The van der Waals surface area contributed by atoms with Gasteiger partial charge in [-0.05, 0) is 31.6 Å². The van der Waals surface area contributed by atoms with Crippen molar-refractivity contribution in [2.24, 2.45) is 11.8 Å². The first-order valence-electron chi connectivity index (χ1n) is 15.9. The molecule has 0 saturated carbocycles. The molecule has 0 bridgehead atoms. The number of unbranched alkanes of at least 4 members (excludes halogenated alkanes) is 17. The molecule has 7 N–H and O–H groups in total. The second-order valence-corrected chi connectivity index (χ2v) is 11.6. The molecule has 0 aromatic rings. The average Bonchev–Trinajstić information content (AvgIpc) is 2.93. The Hall–Kier alpha value is -0.770. The number of hydrogen-bond acceptors (Lipinski definition) is 7. The lowest BCUT2D eigenvalue weighted by atomic mass is 9.80. The van der Waals surface area contributed by atoms with Crippen molar-refractivity contribution >= 4 is 5.97 Å². The molecule has 0 aliphatic rings. The Balaban J connectivity index is 3.69. The van der Waals surface area contributed by atoms with Gasteiger partial charge in [0, 0.05) is 0 Å². The van der Waals surface area contributed by atoms with Gasteiger partial charge in [-0.1, -0.05) is 116 Å².